The molecule has 4 rings (SSSR count). The van der Waals surface area contributed by atoms with Gasteiger partial charge in [-0.05, 0) is 36.5 Å². The van der Waals surface area contributed by atoms with Gasteiger partial charge >= 0.3 is 0 Å². The number of H-pyrrole nitrogens is 1. The van der Waals surface area contributed by atoms with Crippen LogP contribution in [0.2, 0.25) is 0 Å². The van der Waals surface area contributed by atoms with Gasteiger partial charge in [-0.1, -0.05) is 12.1 Å². The van der Waals surface area contributed by atoms with Crippen LogP contribution in [0.5, 0.6) is 0 Å². The molecule has 5 nitrogen and oxygen atoms in total. The molecule has 1 aromatic carbocycles. The maximum atomic E-state index is 4.02. The van der Waals surface area contributed by atoms with Crippen LogP contribution in [0.3, 0.4) is 0 Å². The second-order valence-corrected chi connectivity index (χ2v) is 7.01. The van der Waals surface area contributed by atoms with E-state index in [1.54, 1.807) is 0 Å². The van der Waals surface area contributed by atoms with Crippen LogP contribution in [-0.4, -0.2) is 60.9 Å². The SMILES string of the molecule is c1cc(N2CCC(CN3CCNCC3)CC2)ccc1-c1cn[nH]c1. The van der Waals surface area contributed by atoms with E-state index in [2.05, 4.69) is 49.6 Å². The summed E-state index contributed by atoms with van der Waals surface area (Å²) in [5, 5.41) is 10.3. The lowest BCUT2D eigenvalue weighted by Crippen LogP contribution is -2.46. The van der Waals surface area contributed by atoms with Crippen LogP contribution in [0.4, 0.5) is 5.69 Å². The van der Waals surface area contributed by atoms with Crippen molar-refractivity contribution in [2.75, 3.05) is 50.7 Å². The number of aromatic nitrogens is 2. The van der Waals surface area contributed by atoms with E-state index in [0.29, 0.717) is 0 Å². The molecular weight excluding hydrogens is 298 g/mol. The highest BCUT2D eigenvalue weighted by molar-refractivity contribution is 5.65. The van der Waals surface area contributed by atoms with Crippen LogP contribution < -0.4 is 10.2 Å². The minimum atomic E-state index is 0.865. The summed E-state index contributed by atoms with van der Waals surface area (Å²) >= 11 is 0. The molecule has 2 aliphatic rings. The molecule has 2 N–H and O–H groups in total. The average molecular weight is 325 g/mol. The lowest BCUT2D eigenvalue weighted by molar-refractivity contribution is 0.190. The fraction of sp³-hybridized carbons (Fsp3) is 0.526. The Morgan fingerprint density at radius 3 is 2.38 bits per heavy atom. The first-order valence-corrected chi connectivity index (χ1v) is 9.16. The third-order valence-corrected chi connectivity index (χ3v) is 5.40. The molecule has 0 aliphatic carbocycles. The average Bonchev–Trinajstić information content (AvgIpc) is 3.18. The summed E-state index contributed by atoms with van der Waals surface area (Å²) in [4.78, 5) is 5.17. The molecule has 0 amide bonds. The summed E-state index contributed by atoms with van der Waals surface area (Å²) in [7, 11) is 0. The van der Waals surface area contributed by atoms with Crippen molar-refractivity contribution < 1.29 is 0 Å². The van der Waals surface area contributed by atoms with Gasteiger partial charge in [0.1, 0.15) is 0 Å². The third kappa shape index (κ3) is 3.62. The van der Waals surface area contributed by atoms with E-state index in [0.717, 1.165) is 24.6 Å². The van der Waals surface area contributed by atoms with E-state index in [1.807, 2.05) is 12.4 Å². The Bertz CT molecular complexity index is 608. The van der Waals surface area contributed by atoms with Crippen LogP contribution in [0, 0.1) is 5.92 Å². The molecule has 1 aromatic heterocycles. The number of benzene rings is 1. The van der Waals surface area contributed by atoms with Crippen molar-refractivity contribution in [1.29, 1.82) is 0 Å². The summed E-state index contributed by atoms with van der Waals surface area (Å²) in [6, 6.07) is 8.90. The molecule has 24 heavy (non-hydrogen) atoms. The Hall–Kier alpha value is -1.85. The standard InChI is InChI=1S/C19H27N5/c1-3-19(4-2-17(1)18-13-21-22-14-18)24-9-5-16(6-10-24)15-23-11-7-20-8-12-23/h1-4,13-14,16,20H,5-12,15H2,(H,21,22). The Balaban J connectivity index is 1.30. The van der Waals surface area contributed by atoms with Gasteiger partial charge in [-0.3, -0.25) is 5.10 Å². The second kappa shape index (κ2) is 7.36. The maximum absolute atomic E-state index is 4.02. The van der Waals surface area contributed by atoms with Gasteiger partial charge in [0, 0.05) is 63.3 Å². The van der Waals surface area contributed by atoms with Crippen molar-refractivity contribution in [3.63, 3.8) is 0 Å². The number of piperazine rings is 1. The summed E-state index contributed by atoms with van der Waals surface area (Å²) in [6.45, 7) is 8.40. The number of anilines is 1. The maximum Gasteiger partial charge on any atom is 0.0565 e. The van der Waals surface area contributed by atoms with E-state index in [4.69, 9.17) is 0 Å². The minimum absolute atomic E-state index is 0.865. The molecule has 128 valence electrons. The molecule has 2 aliphatic heterocycles. The first kappa shape index (κ1) is 15.7. The van der Waals surface area contributed by atoms with Crippen molar-refractivity contribution in [2.24, 2.45) is 5.92 Å². The zero-order valence-corrected chi connectivity index (χ0v) is 14.2. The number of nitrogens with one attached hydrogen (secondary N) is 2. The van der Waals surface area contributed by atoms with Crippen LogP contribution >= 0.6 is 0 Å². The smallest absolute Gasteiger partial charge is 0.0565 e. The highest BCUT2D eigenvalue weighted by Gasteiger charge is 2.22. The number of rotatable bonds is 4. The third-order valence-electron chi connectivity index (χ3n) is 5.40. The van der Waals surface area contributed by atoms with Gasteiger partial charge in [-0.25, -0.2) is 0 Å². The minimum Gasteiger partial charge on any atom is -0.372 e. The Kier molecular flexibility index (Phi) is 4.81. The van der Waals surface area contributed by atoms with Gasteiger partial charge in [-0.2, -0.15) is 5.10 Å². The van der Waals surface area contributed by atoms with E-state index in [1.165, 1.54) is 56.8 Å². The zero-order valence-electron chi connectivity index (χ0n) is 14.2. The van der Waals surface area contributed by atoms with Crippen LogP contribution in [0.15, 0.2) is 36.7 Å². The van der Waals surface area contributed by atoms with Gasteiger partial charge in [0.25, 0.3) is 0 Å². The Morgan fingerprint density at radius 2 is 1.71 bits per heavy atom. The number of hydrogen-bond donors (Lipinski definition) is 2. The Morgan fingerprint density at radius 1 is 0.958 bits per heavy atom. The van der Waals surface area contributed by atoms with Crippen LogP contribution in [-0.2, 0) is 0 Å². The molecule has 0 saturated carbocycles. The monoisotopic (exact) mass is 325 g/mol. The highest BCUT2D eigenvalue weighted by atomic mass is 15.2. The molecule has 0 spiro atoms. The number of aromatic amines is 1. The lowest BCUT2D eigenvalue weighted by Gasteiger charge is -2.37. The fourth-order valence-corrected chi connectivity index (χ4v) is 3.91. The molecule has 2 fully saturated rings. The number of piperidine rings is 1. The normalized spacial score (nSPS) is 20.4. The molecule has 3 heterocycles. The molecule has 0 radical (unpaired) electrons. The van der Waals surface area contributed by atoms with Gasteiger partial charge < -0.3 is 15.1 Å². The zero-order chi connectivity index (χ0) is 16.2. The largest absolute Gasteiger partial charge is 0.372 e. The quantitative estimate of drug-likeness (QED) is 0.905. The first-order chi connectivity index (χ1) is 11.9. The van der Waals surface area contributed by atoms with Gasteiger partial charge in [0.05, 0.1) is 6.20 Å². The van der Waals surface area contributed by atoms with Crippen molar-refractivity contribution in [2.45, 2.75) is 12.8 Å². The van der Waals surface area contributed by atoms with Gasteiger partial charge in [0.2, 0.25) is 0 Å². The Labute approximate surface area is 144 Å². The van der Waals surface area contributed by atoms with Crippen LogP contribution in [0.25, 0.3) is 11.1 Å². The summed E-state index contributed by atoms with van der Waals surface area (Å²) in [5.41, 5.74) is 3.72. The number of nitrogens with zero attached hydrogens (tertiary/aromatic N) is 3. The predicted octanol–water partition coefficient (Wildman–Crippen LogP) is 2.20. The molecule has 0 bridgehead atoms. The molecular formula is C19H27N5. The molecule has 0 atom stereocenters. The van der Waals surface area contributed by atoms with Crippen LogP contribution in [0.1, 0.15) is 12.8 Å². The van der Waals surface area contributed by atoms with Gasteiger partial charge in [0.15, 0.2) is 0 Å². The van der Waals surface area contributed by atoms with Crippen molar-refractivity contribution >= 4 is 5.69 Å². The fourth-order valence-electron chi connectivity index (χ4n) is 3.91. The van der Waals surface area contributed by atoms with Crippen molar-refractivity contribution in [1.82, 2.24) is 20.4 Å². The van der Waals surface area contributed by atoms with Crippen molar-refractivity contribution in [3.05, 3.63) is 36.7 Å². The molecule has 5 heteroatoms. The first-order valence-electron chi connectivity index (χ1n) is 9.16. The number of hydrogen-bond acceptors (Lipinski definition) is 4. The summed E-state index contributed by atoms with van der Waals surface area (Å²) < 4.78 is 0. The van der Waals surface area contributed by atoms with Gasteiger partial charge in [-0.15, -0.1) is 0 Å². The van der Waals surface area contributed by atoms with E-state index in [-0.39, 0.29) is 0 Å². The molecule has 2 aromatic rings. The predicted molar refractivity (Wildman–Crippen MR) is 98.3 cm³/mol. The van der Waals surface area contributed by atoms with E-state index in [9.17, 15) is 0 Å². The van der Waals surface area contributed by atoms with Crippen molar-refractivity contribution in [3.8, 4) is 11.1 Å². The highest BCUT2D eigenvalue weighted by Crippen LogP contribution is 2.26. The topological polar surface area (TPSA) is 47.2 Å². The van der Waals surface area contributed by atoms with E-state index < -0.39 is 0 Å². The summed E-state index contributed by atoms with van der Waals surface area (Å²) in [6.07, 6.45) is 6.44. The second-order valence-electron chi connectivity index (χ2n) is 7.01. The lowest BCUT2D eigenvalue weighted by atomic mass is 9.95. The molecule has 0 unspecified atom stereocenters. The van der Waals surface area contributed by atoms with E-state index >= 15 is 0 Å². The molecule has 2 saturated heterocycles. The summed E-state index contributed by atoms with van der Waals surface area (Å²) in [5.74, 6) is 0.865.